The lowest BCUT2D eigenvalue weighted by atomic mass is 10.1. The van der Waals surface area contributed by atoms with E-state index in [0.717, 1.165) is 5.56 Å². The van der Waals surface area contributed by atoms with Crippen molar-refractivity contribution in [3.8, 4) is 0 Å². The lowest BCUT2D eigenvalue weighted by molar-refractivity contribution is 0.0661. The maximum Gasteiger partial charge on any atom is 0.362 e. The van der Waals surface area contributed by atoms with Gasteiger partial charge >= 0.3 is 5.69 Å². The first kappa shape index (κ1) is 15.4. The molecule has 2 rings (SSSR count). The molecule has 2 aromatic rings. The van der Waals surface area contributed by atoms with Gasteiger partial charge in [0, 0.05) is 0 Å². The van der Waals surface area contributed by atoms with Gasteiger partial charge in [0.2, 0.25) is 0 Å². The zero-order valence-corrected chi connectivity index (χ0v) is 13.1. The second-order valence-electron chi connectivity index (χ2n) is 4.89. The zero-order chi connectivity index (χ0) is 15.4. The van der Waals surface area contributed by atoms with Crippen LogP contribution in [0, 0.1) is 0 Å². The van der Waals surface area contributed by atoms with Crippen molar-refractivity contribution in [3.05, 3.63) is 62.3 Å². The van der Waals surface area contributed by atoms with Gasteiger partial charge in [-0.25, -0.2) is 4.79 Å². The summed E-state index contributed by atoms with van der Waals surface area (Å²) in [5.74, 6) is 0.00313. The maximum absolute atomic E-state index is 12.0. The SMILES string of the molecule is CSc1c(C(C)C)c(=O)[nH]c(=O)n1OCc1ccccc1. The van der Waals surface area contributed by atoms with E-state index >= 15 is 0 Å². The van der Waals surface area contributed by atoms with Crippen molar-refractivity contribution < 1.29 is 4.84 Å². The first-order chi connectivity index (χ1) is 10.0. The van der Waals surface area contributed by atoms with Crippen LogP contribution in [0.1, 0.15) is 30.9 Å². The number of hydrogen-bond acceptors (Lipinski definition) is 4. The number of thioether (sulfide) groups is 1. The molecule has 0 bridgehead atoms. The van der Waals surface area contributed by atoms with Crippen molar-refractivity contribution in [1.82, 2.24) is 9.71 Å². The van der Waals surface area contributed by atoms with Gasteiger partial charge < -0.3 is 4.84 Å². The fourth-order valence-electron chi connectivity index (χ4n) is 2.05. The van der Waals surface area contributed by atoms with E-state index in [4.69, 9.17) is 4.84 Å². The van der Waals surface area contributed by atoms with Crippen molar-refractivity contribution in [3.63, 3.8) is 0 Å². The Morgan fingerprint density at radius 1 is 1.24 bits per heavy atom. The van der Waals surface area contributed by atoms with Crippen LogP contribution in [-0.2, 0) is 6.61 Å². The van der Waals surface area contributed by atoms with E-state index in [0.29, 0.717) is 10.6 Å². The van der Waals surface area contributed by atoms with Gasteiger partial charge in [0.15, 0.2) is 0 Å². The number of rotatable bonds is 5. The smallest absolute Gasteiger partial charge is 0.362 e. The van der Waals surface area contributed by atoms with Crippen LogP contribution in [0.25, 0.3) is 0 Å². The lowest BCUT2D eigenvalue weighted by Gasteiger charge is -2.16. The van der Waals surface area contributed by atoms with Crippen LogP contribution >= 0.6 is 11.8 Å². The molecule has 1 aromatic heterocycles. The average Bonchev–Trinajstić information content (AvgIpc) is 2.46. The molecule has 1 heterocycles. The van der Waals surface area contributed by atoms with E-state index in [-0.39, 0.29) is 18.1 Å². The minimum atomic E-state index is -0.551. The first-order valence-corrected chi connectivity index (χ1v) is 7.87. The highest BCUT2D eigenvalue weighted by Gasteiger charge is 2.18. The van der Waals surface area contributed by atoms with E-state index in [1.165, 1.54) is 16.5 Å². The van der Waals surface area contributed by atoms with Crippen molar-refractivity contribution in [2.45, 2.75) is 31.4 Å². The Hall–Kier alpha value is -1.95. The number of nitrogens with zero attached hydrogens (tertiary/aromatic N) is 1. The van der Waals surface area contributed by atoms with Gasteiger partial charge in [0.1, 0.15) is 11.6 Å². The Bertz CT molecular complexity index is 720. The van der Waals surface area contributed by atoms with Crippen LogP contribution in [0.4, 0.5) is 0 Å². The van der Waals surface area contributed by atoms with Gasteiger partial charge in [-0.1, -0.05) is 44.2 Å². The number of aromatic amines is 1. The fourth-order valence-corrected chi connectivity index (χ4v) is 2.90. The van der Waals surface area contributed by atoms with Crippen LogP contribution in [0.15, 0.2) is 44.9 Å². The molecule has 0 amide bonds. The van der Waals surface area contributed by atoms with Crippen LogP contribution in [-0.4, -0.2) is 16.0 Å². The van der Waals surface area contributed by atoms with E-state index in [2.05, 4.69) is 4.98 Å². The molecular weight excluding hydrogens is 288 g/mol. The summed E-state index contributed by atoms with van der Waals surface area (Å²) in [5.41, 5.74) is 0.618. The molecule has 0 fully saturated rings. The summed E-state index contributed by atoms with van der Waals surface area (Å²) in [6, 6.07) is 9.56. The Balaban J connectivity index is 2.41. The highest BCUT2D eigenvalue weighted by molar-refractivity contribution is 7.98. The Labute approximate surface area is 126 Å². The minimum absolute atomic E-state index is 0.00313. The average molecular weight is 306 g/mol. The number of aromatic nitrogens is 2. The summed E-state index contributed by atoms with van der Waals surface area (Å²) in [7, 11) is 0. The normalized spacial score (nSPS) is 10.9. The maximum atomic E-state index is 12.0. The molecule has 0 radical (unpaired) electrons. The summed E-state index contributed by atoms with van der Waals surface area (Å²) < 4.78 is 1.17. The Morgan fingerprint density at radius 2 is 1.90 bits per heavy atom. The van der Waals surface area contributed by atoms with E-state index < -0.39 is 5.69 Å². The third-order valence-electron chi connectivity index (χ3n) is 3.04. The van der Waals surface area contributed by atoms with Crippen LogP contribution < -0.4 is 16.1 Å². The number of H-pyrrole nitrogens is 1. The molecule has 0 aliphatic heterocycles. The van der Waals surface area contributed by atoms with Gasteiger partial charge in [0.25, 0.3) is 5.56 Å². The van der Waals surface area contributed by atoms with Gasteiger partial charge in [-0.3, -0.25) is 9.78 Å². The largest absolute Gasteiger partial charge is 0.404 e. The molecule has 6 heteroatoms. The molecule has 0 aliphatic rings. The van der Waals surface area contributed by atoms with Crippen molar-refractivity contribution in [2.75, 3.05) is 6.26 Å². The molecule has 0 unspecified atom stereocenters. The molecule has 0 saturated carbocycles. The van der Waals surface area contributed by atoms with Crippen molar-refractivity contribution >= 4 is 11.8 Å². The minimum Gasteiger partial charge on any atom is -0.404 e. The fraction of sp³-hybridized carbons (Fsp3) is 0.333. The quantitative estimate of drug-likeness (QED) is 0.678. The zero-order valence-electron chi connectivity index (χ0n) is 12.3. The Morgan fingerprint density at radius 3 is 2.48 bits per heavy atom. The standard InChI is InChI=1S/C15H18N2O3S/c1-10(2)12-13(18)16-15(19)17(14(12)21-3)20-9-11-7-5-4-6-8-11/h4-8,10H,9H2,1-3H3,(H,16,18,19). The summed E-state index contributed by atoms with van der Waals surface area (Å²) >= 11 is 1.33. The molecule has 1 N–H and O–H groups in total. The summed E-state index contributed by atoms with van der Waals surface area (Å²) in [6.45, 7) is 4.09. The summed E-state index contributed by atoms with van der Waals surface area (Å²) in [5, 5.41) is 0.551. The summed E-state index contributed by atoms with van der Waals surface area (Å²) in [4.78, 5) is 31.9. The van der Waals surface area contributed by atoms with E-state index in [1.807, 2.05) is 50.4 Å². The predicted molar refractivity (Wildman–Crippen MR) is 83.9 cm³/mol. The topological polar surface area (TPSA) is 64.1 Å². The van der Waals surface area contributed by atoms with E-state index in [9.17, 15) is 9.59 Å². The third kappa shape index (κ3) is 3.39. The molecular formula is C15H18N2O3S. The van der Waals surface area contributed by atoms with Crippen LogP contribution in [0.2, 0.25) is 0 Å². The number of nitrogens with one attached hydrogen (secondary N) is 1. The van der Waals surface area contributed by atoms with Gasteiger partial charge in [0.05, 0.1) is 5.56 Å². The van der Waals surface area contributed by atoms with Crippen molar-refractivity contribution in [2.24, 2.45) is 0 Å². The molecule has 0 saturated heterocycles. The highest BCUT2D eigenvalue weighted by atomic mass is 32.2. The molecule has 0 spiro atoms. The second kappa shape index (κ2) is 6.67. The van der Waals surface area contributed by atoms with Gasteiger partial charge in [-0.15, -0.1) is 16.5 Å². The lowest BCUT2D eigenvalue weighted by Crippen LogP contribution is -2.37. The second-order valence-corrected chi connectivity index (χ2v) is 5.69. The van der Waals surface area contributed by atoms with Crippen LogP contribution in [0.3, 0.4) is 0 Å². The molecule has 21 heavy (non-hydrogen) atoms. The summed E-state index contributed by atoms with van der Waals surface area (Å²) in [6.07, 6.45) is 1.82. The highest BCUT2D eigenvalue weighted by Crippen LogP contribution is 2.21. The van der Waals surface area contributed by atoms with Crippen molar-refractivity contribution in [1.29, 1.82) is 0 Å². The third-order valence-corrected chi connectivity index (χ3v) is 3.81. The number of benzene rings is 1. The molecule has 0 aliphatic carbocycles. The molecule has 112 valence electrons. The van der Waals surface area contributed by atoms with E-state index in [1.54, 1.807) is 0 Å². The Kier molecular flexibility index (Phi) is 4.90. The predicted octanol–water partition coefficient (Wildman–Crippen LogP) is 2.01. The number of hydrogen-bond donors (Lipinski definition) is 1. The first-order valence-electron chi connectivity index (χ1n) is 6.65. The van der Waals surface area contributed by atoms with Crippen LogP contribution in [0.5, 0.6) is 0 Å². The van der Waals surface area contributed by atoms with Gasteiger partial charge in [-0.05, 0) is 17.7 Å². The van der Waals surface area contributed by atoms with Gasteiger partial charge in [-0.2, -0.15) is 0 Å². The molecule has 5 nitrogen and oxygen atoms in total. The molecule has 0 atom stereocenters. The monoisotopic (exact) mass is 306 g/mol. The molecule has 1 aromatic carbocycles.